The third-order valence-corrected chi connectivity index (χ3v) is 12.6. The molecule has 0 saturated carbocycles. The number of hydrogen-bond acceptors (Lipinski definition) is 10. The van der Waals surface area contributed by atoms with Crippen molar-refractivity contribution in [3.8, 4) is 0 Å². The molecule has 3 aliphatic heterocycles. The Morgan fingerprint density at radius 1 is 0.847 bits per heavy atom. The zero-order chi connectivity index (χ0) is 43.7. The van der Waals surface area contributed by atoms with Crippen molar-refractivity contribution in [3.63, 3.8) is 0 Å². The summed E-state index contributed by atoms with van der Waals surface area (Å²) in [7, 11) is 0. The van der Waals surface area contributed by atoms with Gasteiger partial charge in [0.15, 0.2) is 0 Å². The minimum absolute atomic E-state index is 0.308. The number of benzene rings is 1. The first kappa shape index (κ1) is 47.4. The SMILES string of the molecule is C=CC(C)(C)OC[C@H]1NC(=O)[C@H]([C@@H](C)OC(C)(C)C=C)NC(=O)[C@@H]2CS[C@@H](N2)[C@@H](Cc2ccccc2)NC(=O)[C@@H]2CCCN2C(=O)[C@H](C)NC(=O)[C@H]([C@@H](C)CC)NC1=O. The molecule has 0 aromatic heterocycles. The third kappa shape index (κ3) is 12.9. The van der Waals surface area contributed by atoms with Gasteiger partial charge in [0.1, 0.15) is 30.2 Å². The third-order valence-electron chi connectivity index (χ3n) is 11.3. The number of amides is 6. The van der Waals surface area contributed by atoms with Crippen molar-refractivity contribution >= 4 is 47.2 Å². The highest BCUT2D eigenvalue weighted by Gasteiger charge is 2.43. The number of ether oxygens (including phenoxy) is 2. The minimum Gasteiger partial charge on any atom is -0.369 e. The molecule has 0 aliphatic carbocycles. The second kappa shape index (κ2) is 20.8. The largest absolute Gasteiger partial charge is 0.369 e. The number of thioether (sulfide) groups is 1. The van der Waals surface area contributed by atoms with Crippen LogP contribution < -0.4 is 31.9 Å². The average molecular weight is 840 g/mol. The van der Waals surface area contributed by atoms with Crippen LogP contribution in [0.4, 0.5) is 0 Å². The molecule has 326 valence electrons. The molecule has 3 aliphatic rings. The molecule has 0 radical (unpaired) electrons. The Hall–Kier alpha value is -4.25. The van der Waals surface area contributed by atoms with Crippen molar-refractivity contribution < 1.29 is 38.2 Å². The van der Waals surface area contributed by atoms with Crippen LogP contribution in [0.1, 0.15) is 80.2 Å². The van der Waals surface area contributed by atoms with Gasteiger partial charge in [0, 0.05) is 12.3 Å². The Morgan fingerprint density at radius 3 is 2.14 bits per heavy atom. The Balaban J connectivity index is 1.76. The fourth-order valence-corrected chi connectivity index (χ4v) is 8.48. The second-order valence-corrected chi connectivity index (χ2v) is 18.0. The van der Waals surface area contributed by atoms with Crippen LogP contribution in [0.25, 0.3) is 0 Å². The molecule has 6 amide bonds. The highest BCUT2D eigenvalue weighted by Crippen LogP contribution is 2.26. The smallest absolute Gasteiger partial charge is 0.245 e. The van der Waals surface area contributed by atoms with Crippen LogP contribution in [0.5, 0.6) is 0 Å². The Morgan fingerprint density at radius 2 is 1.49 bits per heavy atom. The van der Waals surface area contributed by atoms with Crippen molar-refractivity contribution in [2.45, 2.75) is 146 Å². The average Bonchev–Trinajstić information content (AvgIpc) is 3.91. The predicted octanol–water partition coefficient (Wildman–Crippen LogP) is 2.11. The summed E-state index contributed by atoms with van der Waals surface area (Å²) in [6, 6.07) is 2.88. The summed E-state index contributed by atoms with van der Waals surface area (Å²) in [5, 5.41) is 17.4. The van der Waals surface area contributed by atoms with Gasteiger partial charge in [-0.05, 0) is 72.3 Å². The van der Waals surface area contributed by atoms with Crippen LogP contribution in [0, 0.1) is 5.92 Å². The number of carbonyl (C=O) groups is 6. The lowest BCUT2D eigenvalue weighted by Crippen LogP contribution is -2.63. The predicted molar refractivity (Wildman–Crippen MR) is 228 cm³/mol. The van der Waals surface area contributed by atoms with E-state index in [0.717, 1.165) is 5.56 Å². The first-order valence-electron chi connectivity index (χ1n) is 20.6. The van der Waals surface area contributed by atoms with E-state index >= 15 is 0 Å². The van der Waals surface area contributed by atoms with Crippen molar-refractivity contribution in [1.82, 2.24) is 36.8 Å². The monoisotopic (exact) mass is 839 g/mol. The highest BCUT2D eigenvalue weighted by molar-refractivity contribution is 8.00. The maximum absolute atomic E-state index is 14.4. The molecule has 6 N–H and O–H groups in total. The van der Waals surface area contributed by atoms with Crippen LogP contribution in [0.2, 0.25) is 0 Å². The molecule has 3 fully saturated rings. The van der Waals surface area contributed by atoms with Crippen molar-refractivity contribution in [2.75, 3.05) is 18.9 Å². The van der Waals surface area contributed by atoms with E-state index in [4.69, 9.17) is 9.47 Å². The number of nitrogens with zero attached hydrogens (tertiary/aromatic N) is 1. The summed E-state index contributed by atoms with van der Waals surface area (Å²) >= 11 is 1.47. The topological polar surface area (TPSA) is 196 Å². The Bertz CT molecular complexity index is 1690. The maximum Gasteiger partial charge on any atom is 0.245 e. The van der Waals surface area contributed by atoms with Gasteiger partial charge in [0.2, 0.25) is 35.4 Å². The van der Waals surface area contributed by atoms with E-state index in [1.54, 1.807) is 60.6 Å². The molecule has 3 heterocycles. The number of rotatable bonds is 12. The molecule has 16 heteroatoms. The summed E-state index contributed by atoms with van der Waals surface area (Å²) in [5.74, 6) is -3.34. The molecule has 4 rings (SSSR count). The lowest BCUT2D eigenvalue weighted by Gasteiger charge is -2.33. The van der Waals surface area contributed by atoms with E-state index in [1.165, 1.54) is 16.7 Å². The van der Waals surface area contributed by atoms with Crippen molar-refractivity contribution in [1.29, 1.82) is 0 Å². The minimum atomic E-state index is -1.33. The van der Waals surface area contributed by atoms with Gasteiger partial charge in [-0.15, -0.1) is 24.9 Å². The molecule has 3 saturated heterocycles. The summed E-state index contributed by atoms with van der Waals surface area (Å²) in [4.78, 5) is 86.2. The summed E-state index contributed by atoms with van der Waals surface area (Å²) < 4.78 is 12.2. The van der Waals surface area contributed by atoms with Gasteiger partial charge in [-0.2, -0.15) is 0 Å². The molecule has 59 heavy (non-hydrogen) atoms. The zero-order valence-electron chi connectivity index (χ0n) is 35.8. The standard InChI is InChI=1S/C43H65N7O8S/c1-11-25(4)33-38(54)44-26(5)41(56)50-21-17-20-32(50)37(53)45-29(22-28-18-15-14-16-19-28)40-47-31(24-59-40)36(52)49-34(27(6)58-43(9,10)13-3)39(55)46-30(35(51)48-33)23-57-42(7,8)12-2/h12-16,18-19,25-27,29-34,40,47H,2-3,11,17,20-24H2,1,4-10H3,(H,44,54)(H,45,53)(H,46,55)(H,48,51)(H,49,52)/t25-,26-,27+,29+,30+,31-,32-,33-,34-,40+/m0/s1. The summed E-state index contributed by atoms with van der Waals surface area (Å²) in [6.45, 7) is 21.6. The molecular formula is C43H65N7O8S. The van der Waals surface area contributed by atoms with E-state index in [2.05, 4.69) is 45.1 Å². The van der Waals surface area contributed by atoms with E-state index in [0.29, 0.717) is 38.0 Å². The fourth-order valence-electron chi connectivity index (χ4n) is 7.18. The van der Waals surface area contributed by atoms with Gasteiger partial charge in [-0.25, -0.2) is 0 Å². The van der Waals surface area contributed by atoms with Gasteiger partial charge < -0.3 is 41.0 Å². The molecule has 1 aromatic carbocycles. The highest BCUT2D eigenvalue weighted by atomic mass is 32.2. The van der Waals surface area contributed by atoms with Crippen molar-refractivity contribution in [2.24, 2.45) is 5.92 Å². The second-order valence-electron chi connectivity index (χ2n) is 16.9. The number of hydrogen-bond donors (Lipinski definition) is 6. The Kier molecular flexibility index (Phi) is 16.7. The lowest BCUT2D eigenvalue weighted by atomic mass is 9.97. The maximum atomic E-state index is 14.4. The molecule has 2 bridgehead atoms. The molecule has 0 spiro atoms. The first-order chi connectivity index (χ1) is 27.8. The van der Waals surface area contributed by atoms with Crippen LogP contribution in [0.3, 0.4) is 0 Å². The molecular weight excluding hydrogens is 775 g/mol. The van der Waals surface area contributed by atoms with Crippen LogP contribution in [-0.2, 0) is 44.7 Å². The Labute approximate surface area is 353 Å². The van der Waals surface area contributed by atoms with E-state index in [9.17, 15) is 28.8 Å². The molecule has 1 aromatic rings. The first-order valence-corrected chi connectivity index (χ1v) is 21.7. The normalized spacial score (nSPS) is 29.1. The van der Waals surface area contributed by atoms with Gasteiger partial charge in [-0.1, -0.05) is 62.8 Å². The summed E-state index contributed by atoms with van der Waals surface area (Å²) in [6.07, 6.45) is 4.20. The number of fused-ring (bicyclic) bond motifs is 3. The zero-order valence-corrected chi connectivity index (χ0v) is 36.6. The van der Waals surface area contributed by atoms with Crippen LogP contribution in [-0.4, -0.2) is 124 Å². The number of carbonyl (C=O) groups excluding carboxylic acids is 6. The lowest BCUT2D eigenvalue weighted by molar-refractivity contribution is -0.142. The molecule has 10 atom stereocenters. The van der Waals surface area contributed by atoms with Gasteiger partial charge in [0.05, 0.1) is 41.4 Å². The van der Waals surface area contributed by atoms with Gasteiger partial charge in [0.25, 0.3) is 0 Å². The molecule has 15 nitrogen and oxygen atoms in total. The van der Waals surface area contributed by atoms with Gasteiger partial charge >= 0.3 is 0 Å². The quantitative estimate of drug-likeness (QED) is 0.170. The molecule has 0 unspecified atom stereocenters. The van der Waals surface area contributed by atoms with E-state index in [-0.39, 0.29) is 18.4 Å². The van der Waals surface area contributed by atoms with Crippen molar-refractivity contribution in [3.05, 3.63) is 61.2 Å². The number of nitrogens with one attached hydrogen (secondary N) is 6. The van der Waals surface area contributed by atoms with E-state index < -0.39 is 94.5 Å². The summed E-state index contributed by atoms with van der Waals surface area (Å²) in [5.41, 5.74) is -0.811. The fraction of sp³-hybridized carbons (Fsp3) is 0.628. The van der Waals surface area contributed by atoms with Crippen LogP contribution in [0.15, 0.2) is 55.6 Å². The van der Waals surface area contributed by atoms with E-state index in [1.807, 2.05) is 37.3 Å². The van der Waals surface area contributed by atoms with Crippen LogP contribution >= 0.6 is 11.8 Å². The van der Waals surface area contributed by atoms with Gasteiger partial charge in [-0.3, -0.25) is 34.1 Å².